The molecule has 32 heavy (non-hydrogen) atoms. The van der Waals surface area contributed by atoms with Crippen LogP contribution >= 0.6 is 0 Å². The summed E-state index contributed by atoms with van der Waals surface area (Å²) in [7, 11) is 6.14. The Kier molecular flexibility index (Phi) is 7.63. The van der Waals surface area contributed by atoms with Crippen LogP contribution in [0.1, 0.15) is 42.9 Å². The Morgan fingerprint density at radius 2 is 1.53 bits per heavy atom. The highest BCUT2D eigenvalue weighted by Gasteiger charge is 2.35. The van der Waals surface area contributed by atoms with Gasteiger partial charge in [0.15, 0.2) is 17.2 Å². The molecule has 0 spiro atoms. The molecular formula is C23H29NO8. The summed E-state index contributed by atoms with van der Waals surface area (Å²) in [4.78, 5) is 11.3. The second kappa shape index (κ2) is 10.4. The molecule has 1 saturated heterocycles. The average molecular weight is 447 g/mol. The fourth-order valence-electron chi connectivity index (χ4n) is 3.98. The third-order valence-electron chi connectivity index (χ3n) is 5.46. The summed E-state index contributed by atoms with van der Waals surface area (Å²) in [6.45, 7) is 2.79. The van der Waals surface area contributed by atoms with Crippen molar-refractivity contribution in [3.8, 4) is 28.7 Å². The highest BCUT2D eigenvalue weighted by atomic mass is 16.6. The molecule has 3 rings (SSSR count). The molecule has 0 radical (unpaired) electrons. The Hall–Kier alpha value is -3.20. The van der Waals surface area contributed by atoms with Crippen molar-refractivity contribution in [2.75, 3.05) is 41.7 Å². The van der Waals surface area contributed by atoms with E-state index in [-0.39, 0.29) is 17.4 Å². The van der Waals surface area contributed by atoms with Gasteiger partial charge >= 0.3 is 5.69 Å². The van der Waals surface area contributed by atoms with E-state index in [0.29, 0.717) is 41.8 Å². The van der Waals surface area contributed by atoms with Gasteiger partial charge in [0.1, 0.15) is 0 Å². The quantitative estimate of drug-likeness (QED) is 0.383. The van der Waals surface area contributed by atoms with Gasteiger partial charge in [0.05, 0.1) is 46.1 Å². The van der Waals surface area contributed by atoms with Crippen molar-refractivity contribution in [3.63, 3.8) is 0 Å². The van der Waals surface area contributed by atoms with Crippen molar-refractivity contribution in [2.24, 2.45) is 0 Å². The van der Waals surface area contributed by atoms with Crippen LogP contribution < -0.4 is 23.7 Å². The first-order chi connectivity index (χ1) is 15.5. The Labute approximate surface area is 187 Å². The monoisotopic (exact) mass is 447 g/mol. The summed E-state index contributed by atoms with van der Waals surface area (Å²) in [5.41, 5.74) is 1.43. The molecule has 174 valence electrons. The lowest BCUT2D eigenvalue weighted by Gasteiger charge is -2.22. The number of rotatable bonds is 10. The first-order valence-corrected chi connectivity index (χ1v) is 10.4. The molecular weight excluding hydrogens is 418 g/mol. The molecule has 1 aliphatic heterocycles. The minimum absolute atomic E-state index is 0.0737. The molecule has 0 aromatic heterocycles. The number of benzene rings is 2. The van der Waals surface area contributed by atoms with Gasteiger partial charge in [-0.3, -0.25) is 10.1 Å². The van der Waals surface area contributed by atoms with E-state index < -0.39 is 11.0 Å². The maximum absolute atomic E-state index is 11.8. The van der Waals surface area contributed by atoms with E-state index >= 15 is 0 Å². The SMILES string of the molecule is CCCOc1c(OC)cc(C2OCCC2c2cc(OC)c(OC)c(OC)c2)cc1[N+](=O)[O-]. The van der Waals surface area contributed by atoms with E-state index in [1.54, 1.807) is 27.4 Å². The van der Waals surface area contributed by atoms with Crippen LogP contribution in [-0.2, 0) is 4.74 Å². The van der Waals surface area contributed by atoms with Gasteiger partial charge in [-0.15, -0.1) is 0 Å². The Balaban J connectivity index is 2.06. The molecule has 0 bridgehead atoms. The van der Waals surface area contributed by atoms with Crippen LogP contribution in [0.2, 0.25) is 0 Å². The molecule has 1 aliphatic rings. The molecule has 1 heterocycles. The summed E-state index contributed by atoms with van der Waals surface area (Å²) in [5, 5.41) is 11.8. The molecule has 2 aromatic rings. The second-order valence-electron chi connectivity index (χ2n) is 7.32. The third kappa shape index (κ3) is 4.52. The molecule has 0 saturated carbocycles. The zero-order valence-electron chi connectivity index (χ0n) is 19.0. The van der Waals surface area contributed by atoms with Gasteiger partial charge in [0.2, 0.25) is 11.5 Å². The topological polar surface area (TPSA) is 98.5 Å². The van der Waals surface area contributed by atoms with Crippen LogP contribution in [0, 0.1) is 10.1 Å². The van der Waals surface area contributed by atoms with E-state index in [1.807, 2.05) is 19.1 Å². The smallest absolute Gasteiger partial charge is 0.315 e. The lowest BCUT2D eigenvalue weighted by Crippen LogP contribution is -2.09. The third-order valence-corrected chi connectivity index (χ3v) is 5.46. The van der Waals surface area contributed by atoms with E-state index in [0.717, 1.165) is 18.4 Å². The van der Waals surface area contributed by atoms with Crippen molar-refractivity contribution in [1.82, 2.24) is 0 Å². The summed E-state index contributed by atoms with van der Waals surface area (Å²) in [6, 6.07) is 7.03. The number of hydrogen-bond acceptors (Lipinski definition) is 8. The van der Waals surface area contributed by atoms with Gasteiger partial charge in [-0.05, 0) is 42.2 Å². The van der Waals surface area contributed by atoms with Crippen molar-refractivity contribution in [1.29, 1.82) is 0 Å². The molecule has 2 unspecified atom stereocenters. The maximum Gasteiger partial charge on any atom is 0.315 e. The van der Waals surface area contributed by atoms with Crippen molar-refractivity contribution in [3.05, 3.63) is 45.5 Å². The minimum Gasteiger partial charge on any atom is -0.493 e. The number of nitro benzene ring substituents is 1. The van der Waals surface area contributed by atoms with Gasteiger partial charge < -0.3 is 28.4 Å². The fourth-order valence-corrected chi connectivity index (χ4v) is 3.98. The Morgan fingerprint density at radius 3 is 2.06 bits per heavy atom. The van der Waals surface area contributed by atoms with Crippen molar-refractivity contribution in [2.45, 2.75) is 31.8 Å². The molecule has 9 heteroatoms. The predicted molar refractivity (Wildman–Crippen MR) is 118 cm³/mol. The first kappa shape index (κ1) is 23.5. The zero-order valence-corrected chi connectivity index (χ0v) is 19.0. The highest BCUT2D eigenvalue weighted by molar-refractivity contribution is 5.59. The number of nitrogens with zero attached hydrogens (tertiary/aromatic N) is 1. The van der Waals surface area contributed by atoms with Gasteiger partial charge in [0, 0.05) is 18.6 Å². The van der Waals surface area contributed by atoms with Crippen molar-refractivity contribution >= 4 is 5.69 Å². The van der Waals surface area contributed by atoms with Crippen LogP contribution in [0.3, 0.4) is 0 Å². The second-order valence-corrected chi connectivity index (χ2v) is 7.32. The normalized spacial score (nSPS) is 17.7. The van der Waals surface area contributed by atoms with Gasteiger partial charge in [0.25, 0.3) is 0 Å². The number of nitro groups is 1. The van der Waals surface area contributed by atoms with Crippen LogP contribution in [-0.4, -0.2) is 46.6 Å². The van der Waals surface area contributed by atoms with E-state index in [4.69, 9.17) is 28.4 Å². The molecule has 0 aliphatic carbocycles. The molecule has 0 amide bonds. The number of methoxy groups -OCH3 is 4. The molecule has 2 aromatic carbocycles. The van der Waals surface area contributed by atoms with Crippen LogP contribution in [0.5, 0.6) is 28.7 Å². The van der Waals surface area contributed by atoms with Gasteiger partial charge in [-0.1, -0.05) is 6.92 Å². The summed E-state index contributed by atoms with van der Waals surface area (Å²) < 4.78 is 33.5. The van der Waals surface area contributed by atoms with E-state index in [9.17, 15) is 10.1 Å². The largest absolute Gasteiger partial charge is 0.493 e. The molecule has 0 N–H and O–H groups in total. The van der Waals surface area contributed by atoms with Gasteiger partial charge in [-0.25, -0.2) is 0 Å². The lowest BCUT2D eigenvalue weighted by atomic mass is 9.88. The fraction of sp³-hybridized carbons (Fsp3) is 0.478. The summed E-state index contributed by atoms with van der Waals surface area (Å²) in [5.74, 6) is 1.95. The minimum atomic E-state index is -0.458. The standard InChI is InChI=1S/C23H29NO8/c1-6-8-31-22-17(24(25)26)10-15(13-18(22)27-2)21-16(7-9-32-21)14-11-19(28-3)23(30-5)20(12-14)29-4/h10-13,16,21H,6-9H2,1-5H3. The summed E-state index contributed by atoms with van der Waals surface area (Å²) in [6.07, 6.45) is 1.04. The van der Waals surface area contributed by atoms with Crippen LogP contribution in [0.25, 0.3) is 0 Å². The molecule has 9 nitrogen and oxygen atoms in total. The maximum atomic E-state index is 11.8. The number of ether oxygens (including phenoxy) is 6. The zero-order chi connectivity index (χ0) is 23.3. The van der Waals surface area contributed by atoms with Gasteiger partial charge in [-0.2, -0.15) is 0 Å². The molecule has 2 atom stereocenters. The van der Waals surface area contributed by atoms with Crippen LogP contribution in [0.15, 0.2) is 24.3 Å². The predicted octanol–water partition coefficient (Wildman–Crippen LogP) is 4.66. The van der Waals surface area contributed by atoms with Crippen LogP contribution in [0.4, 0.5) is 5.69 Å². The average Bonchev–Trinajstić information content (AvgIpc) is 3.31. The first-order valence-electron chi connectivity index (χ1n) is 10.4. The van der Waals surface area contributed by atoms with Crippen molar-refractivity contribution < 1.29 is 33.3 Å². The Morgan fingerprint density at radius 1 is 0.938 bits per heavy atom. The number of hydrogen-bond donors (Lipinski definition) is 0. The molecule has 1 fully saturated rings. The highest BCUT2D eigenvalue weighted by Crippen LogP contribution is 2.49. The van der Waals surface area contributed by atoms with E-state index in [2.05, 4.69) is 0 Å². The Bertz CT molecular complexity index is 936. The summed E-state index contributed by atoms with van der Waals surface area (Å²) >= 11 is 0. The van der Waals surface area contributed by atoms with E-state index in [1.165, 1.54) is 13.2 Å². The lowest BCUT2D eigenvalue weighted by molar-refractivity contribution is -0.386.